The molecule has 4 rings (SSSR count). The molecule has 2 heterocycles. The summed E-state index contributed by atoms with van der Waals surface area (Å²) in [4.78, 5) is 4.58. The molecule has 0 aromatic heterocycles. The first-order valence-electron chi connectivity index (χ1n) is 6.28. The van der Waals surface area contributed by atoms with Gasteiger partial charge in [0.25, 0.3) is 0 Å². The summed E-state index contributed by atoms with van der Waals surface area (Å²) in [6.45, 7) is 0. The summed E-state index contributed by atoms with van der Waals surface area (Å²) in [5, 5.41) is 2.24. The lowest BCUT2D eigenvalue weighted by Crippen LogP contribution is -2.00. The number of halogens is 2. The van der Waals surface area contributed by atoms with E-state index in [1.165, 1.54) is 12.1 Å². The molecule has 0 atom stereocenters. The van der Waals surface area contributed by atoms with E-state index in [2.05, 4.69) is 4.98 Å². The molecule has 2 aliphatic rings. The first kappa shape index (κ1) is 11.7. The van der Waals surface area contributed by atoms with Crippen molar-refractivity contribution in [2.24, 2.45) is 7.05 Å². The second-order valence-corrected chi connectivity index (χ2v) is 5.24. The minimum atomic E-state index is -0.296. The van der Waals surface area contributed by atoms with E-state index in [4.69, 9.17) is 11.6 Å². The number of nitrogens with zero attached hydrogens (tertiary/aromatic N) is 2. The first-order chi connectivity index (χ1) is 9.66. The molecule has 0 saturated carbocycles. The fourth-order valence-electron chi connectivity index (χ4n) is 2.79. The van der Waals surface area contributed by atoms with E-state index < -0.39 is 0 Å². The Labute approximate surface area is 119 Å². The molecule has 0 radical (unpaired) electrons. The van der Waals surface area contributed by atoms with Crippen molar-refractivity contribution in [3.63, 3.8) is 0 Å². The predicted molar refractivity (Wildman–Crippen MR) is 79.8 cm³/mol. The molecule has 2 aliphatic heterocycles. The Balaban J connectivity index is 2.32. The Morgan fingerprint density at radius 1 is 1.10 bits per heavy atom. The summed E-state index contributed by atoms with van der Waals surface area (Å²) in [5.41, 5.74) is 3.48. The van der Waals surface area contributed by atoms with Crippen LogP contribution in [0, 0.1) is 5.82 Å². The SMILES string of the molecule is Cn1c2c3ccccc3nc-2c(Cl)c2cc(F)ccc21. The van der Waals surface area contributed by atoms with Crippen LogP contribution in [0.4, 0.5) is 4.39 Å². The van der Waals surface area contributed by atoms with Crippen molar-refractivity contribution < 1.29 is 4.39 Å². The number of pyridine rings is 1. The van der Waals surface area contributed by atoms with Crippen LogP contribution >= 0.6 is 11.6 Å². The lowest BCUT2D eigenvalue weighted by Gasteiger charge is -2.14. The highest BCUT2D eigenvalue weighted by Gasteiger charge is 2.21. The Bertz CT molecular complexity index is 942. The number of hydrogen-bond acceptors (Lipinski definition) is 1. The van der Waals surface area contributed by atoms with Crippen LogP contribution in [0.25, 0.3) is 33.2 Å². The number of benzene rings is 2. The van der Waals surface area contributed by atoms with Crippen LogP contribution < -0.4 is 0 Å². The second-order valence-electron chi connectivity index (χ2n) is 4.86. The van der Waals surface area contributed by atoms with E-state index in [0.717, 1.165) is 22.1 Å². The minimum absolute atomic E-state index is 0.296. The molecule has 20 heavy (non-hydrogen) atoms. The van der Waals surface area contributed by atoms with Gasteiger partial charge in [-0.3, -0.25) is 0 Å². The van der Waals surface area contributed by atoms with Crippen LogP contribution in [0.5, 0.6) is 0 Å². The van der Waals surface area contributed by atoms with Crippen LogP contribution in [0.2, 0.25) is 5.02 Å². The Morgan fingerprint density at radius 3 is 2.75 bits per heavy atom. The van der Waals surface area contributed by atoms with Crippen LogP contribution in [0.15, 0.2) is 42.5 Å². The number of aryl methyl sites for hydroxylation is 1. The average Bonchev–Trinajstić information content (AvgIpc) is 2.84. The highest BCUT2D eigenvalue weighted by atomic mass is 35.5. The van der Waals surface area contributed by atoms with Gasteiger partial charge < -0.3 is 4.57 Å². The van der Waals surface area contributed by atoms with Crippen molar-refractivity contribution in [3.8, 4) is 11.4 Å². The molecule has 0 amide bonds. The Morgan fingerprint density at radius 2 is 1.90 bits per heavy atom. The highest BCUT2D eigenvalue weighted by Crippen LogP contribution is 2.40. The standard InChI is InChI=1S/C16H10ClFN2/c1-20-13-7-6-9(18)8-11(13)14(17)15-16(20)10-4-2-3-5-12(10)19-15/h2-8H,1H3. The number of fused-ring (bicyclic) bond motifs is 4. The van der Waals surface area contributed by atoms with Crippen LogP contribution in [-0.4, -0.2) is 9.55 Å². The quantitative estimate of drug-likeness (QED) is 0.460. The van der Waals surface area contributed by atoms with Crippen molar-refractivity contribution in [1.82, 2.24) is 9.55 Å². The molecule has 0 bridgehead atoms. The summed E-state index contributed by atoms with van der Waals surface area (Å²) in [6.07, 6.45) is 0. The molecule has 2 aromatic rings. The van der Waals surface area contributed by atoms with Crippen LogP contribution in [0.3, 0.4) is 0 Å². The summed E-state index contributed by atoms with van der Waals surface area (Å²) >= 11 is 6.45. The van der Waals surface area contributed by atoms with Gasteiger partial charge in [-0.1, -0.05) is 29.8 Å². The Kier molecular flexibility index (Phi) is 2.30. The van der Waals surface area contributed by atoms with Gasteiger partial charge in [-0.2, -0.15) is 0 Å². The molecule has 2 aromatic carbocycles. The predicted octanol–water partition coefficient (Wildman–Crippen LogP) is 4.62. The zero-order chi connectivity index (χ0) is 13.9. The molecule has 2 nitrogen and oxygen atoms in total. The summed E-state index contributed by atoms with van der Waals surface area (Å²) in [5.74, 6) is -0.296. The second kappa shape index (κ2) is 3.93. The highest BCUT2D eigenvalue weighted by molar-refractivity contribution is 6.38. The van der Waals surface area contributed by atoms with Crippen molar-refractivity contribution in [2.75, 3.05) is 0 Å². The average molecular weight is 285 g/mol. The van der Waals surface area contributed by atoms with Gasteiger partial charge in [0.1, 0.15) is 11.5 Å². The molecule has 0 fully saturated rings. The maximum Gasteiger partial charge on any atom is 0.124 e. The molecular weight excluding hydrogens is 275 g/mol. The normalized spacial score (nSPS) is 11.8. The summed E-state index contributed by atoms with van der Waals surface area (Å²) in [6, 6.07) is 12.6. The van der Waals surface area contributed by atoms with Crippen LogP contribution in [-0.2, 0) is 7.05 Å². The number of rotatable bonds is 0. The number of aromatic nitrogens is 2. The van der Waals surface area contributed by atoms with Gasteiger partial charge in [0.05, 0.1) is 16.2 Å². The lowest BCUT2D eigenvalue weighted by atomic mass is 10.1. The molecule has 0 unspecified atom stereocenters. The summed E-state index contributed by atoms with van der Waals surface area (Å²) in [7, 11) is 1.95. The first-order valence-corrected chi connectivity index (χ1v) is 6.66. The van der Waals surface area contributed by atoms with Gasteiger partial charge in [-0.15, -0.1) is 0 Å². The van der Waals surface area contributed by atoms with Crippen molar-refractivity contribution in [1.29, 1.82) is 0 Å². The molecule has 98 valence electrons. The number of para-hydroxylation sites is 1. The number of hydrogen-bond donors (Lipinski definition) is 0. The van der Waals surface area contributed by atoms with Gasteiger partial charge in [-0.25, -0.2) is 9.37 Å². The molecule has 0 N–H and O–H groups in total. The van der Waals surface area contributed by atoms with E-state index in [1.807, 2.05) is 35.9 Å². The van der Waals surface area contributed by atoms with Gasteiger partial charge in [0.15, 0.2) is 0 Å². The molecule has 0 aliphatic carbocycles. The third kappa shape index (κ3) is 1.41. The molecule has 0 saturated heterocycles. The van der Waals surface area contributed by atoms with Gasteiger partial charge >= 0.3 is 0 Å². The van der Waals surface area contributed by atoms with Gasteiger partial charge in [-0.05, 0) is 24.3 Å². The van der Waals surface area contributed by atoms with Gasteiger partial charge in [0.2, 0.25) is 0 Å². The largest absolute Gasteiger partial charge is 0.342 e. The zero-order valence-electron chi connectivity index (χ0n) is 10.7. The fourth-order valence-corrected chi connectivity index (χ4v) is 3.07. The van der Waals surface area contributed by atoms with E-state index in [9.17, 15) is 4.39 Å². The molecule has 0 spiro atoms. The maximum absolute atomic E-state index is 13.5. The molecular formula is C16H10ClFN2. The summed E-state index contributed by atoms with van der Waals surface area (Å²) < 4.78 is 15.5. The Hall–Kier alpha value is -2.13. The topological polar surface area (TPSA) is 17.8 Å². The van der Waals surface area contributed by atoms with Crippen molar-refractivity contribution in [3.05, 3.63) is 53.3 Å². The smallest absolute Gasteiger partial charge is 0.124 e. The van der Waals surface area contributed by atoms with E-state index in [0.29, 0.717) is 16.1 Å². The monoisotopic (exact) mass is 284 g/mol. The van der Waals surface area contributed by atoms with Gasteiger partial charge in [0, 0.05) is 23.3 Å². The lowest BCUT2D eigenvalue weighted by molar-refractivity contribution is 0.629. The van der Waals surface area contributed by atoms with E-state index >= 15 is 0 Å². The van der Waals surface area contributed by atoms with E-state index in [1.54, 1.807) is 6.07 Å². The fraction of sp³-hybridized carbons (Fsp3) is 0.0625. The van der Waals surface area contributed by atoms with Crippen molar-refractivity contribution in [2.45, 2.75) is 0 Å². The third-order valence-electron chi connectivity index (χ3n) is 3.72. The van der Waals surface area contributed by atoms with Crippen molar-refractivity contribution >= 4 is 33.4 Å². The van der Waals surface area contributed by atoms with Crippen LogP contribution in [0.1, 0.15) is 0 Å². The molecule has 4 heteroatoms. The third-order valence-corrected chi connectivity index (χ3v) is 4.10. The zero-order valence-corrected chi connectivity index (χ0v) is 11.4. The van der Waals surface area contributed by atoms with E-state index in [-0.39, 0.29) is 5.82 Å². The minimum Gasteiger partial charge on any atom is -0.342 e. The maximum atomic E-state index is 13.5.